The number of rotatable bonds is 5. The van der Waals surface area contributed by atoms with Crippen LogP contribution in [0, 0.1) is 0 Å². The van der Waals surface area contributed by atoms with Gasteiger partial charge in [0.25, 0.3) is 11.1 Å². The lowest BCUT2D eigenvalue weighted by molar-refractivity contribution is -0.124. The first-order valence-corrected chi connectivity index (χ1v) is 7.85. The molecule has 0 aromatic carbocycles. The van der Waals surface area contributed by atoms with E-state index >= 15 is 0 Å². The van der Waals surface area contributed by atoms with Crippen LogP contribution in [0.5, 0.6) is 0 Å². The highest BCUT2D eigenvalue weighted by Gasteiger charge is 2.29. The van der Waals surface area contributed by atoms with Crippen LogP contribution in [-0.4, -0.2) is 59.9 Å². The first-order chi connectivity index (χ1) is 10.4. The van der Waals surface area contributed by atoms with E-state index < -0.39 is 0 Å². The summed E-state index contributed by atoms with van der Waals surface area (Å²) in [5.41, 5.74) is 0.372. The molecule has 2 rings (SSSR count). The Balaban J connectivity index is 1.95. The number of hydrogen-bond acceptors (Lipinski definition) is 6. The van der Waals surface area contributed by atoms with Crippen molar-refractivity contribution in [1.82, 2.24) is 15.2 Å². The maximum Gasteiger partial charge on any atom is 0.288 e. The Kier molecular flexibility index (Phi) is 5.25. The van der Waals surface area contributed by atoms with Gasteiger partial charge >= 0.3 is 0 Å². The van der Waals surface area contributed by atoms with E-state index in [4.69, 9.17) is 11.6 Å². The molecule has 0 atom stereocenters. The monoisotopic (exact) mass is 342 g/mol. The molecule has 3 amide bonds. The molecule has 1 aliphatic heterocycles. The molecule has 2 heterocycles. The number of pyridine rings is 1. The molecule has 1 fully saturated rings. The zero-order valence-electron chi connectivity index (χ0n) is 12.1. The molecule has 0 radical (unpaired) electrons. The molecule has 0 unspecified atom stereocenters. The van der Waals surface area contributed by atoms with Crippen molar-refractivity contribution in [3.63, 3.8) is 0 Å². The minimum atomic E-state index is -0.334. The van der Waals surface area contributed by atoms with Gasteiger partial charge in [-0.2, -0.15) is 0 Å². The van der Waals surface area contributed by atoms with Crippen molar-refractivity contribution in [3.05, 3.63) is 22.8 Å². The number of imide groups is 1. The van der Waals surface area contributed by atoms with Crippen LogP contribution < -0.4 is 10.2 Å². The van der Waals surface area contributed by atoms with Gasteiger partial charge in [0.2, 0.25) is 5.91 Å². The Labute approximate surface area is 137 Å². The third-order valence-electron chi connectivity index (χ3n) is 2.96. The van der Waals surface area contributed by atoms with E-state index in [9.17, 15) is 14.4 Å². The van der Waals surface area contributed by atoms with Gasteiger partial charge in [-0.15, -0.1) is 0 Å². The van der Waals surface area contributed by atoms with Gasteiger partial charge in [-0.05, 0) is 12.1 Å². The van der Waals surface area contributed by atoms with Crippen molar-refractivity contribution < 1.29 is 14.4 Å². The first-order valence-electron chi connectivity index (χ1n) is 6.48. The smallest absolute Gasteiger partial charge is 0.288 e. The second-order valence-corrected chi connectivity index (χ2v) is 6.10. The summed E-state index contributed by atoms with van der Waals surface area (Å²) in [6.07, 6.45) is 0. The average molecular weight is 343 g/mol. The Morgan fingerprint density at radius 1 is 1.45 bits per heavy atom. The lowest BCUT2D eigenvalue weighted by atomic mass is 10.2. The highest BCUT2D eigenvalue weighted by Crippen LogP contribution is 2.18. The van der Waals surface area contributed by atoms with Crippen molar-refractivity contribution in [2.45, 2.75) is 0 Å². The van der Waals surface area contributed by atoms with E-state index in [1.54, 1.807) is 25.1 Å². The van der Waals surface area contributed by atoms with Crippen molar-refractivity contribution in [1.29, 1.82) is 0 Å². The van der Waals surface area contributed by atoms with E-state index in [1.165, 1.54) is 6.07 Å². The highest BCUT2D eigenvalue weighted by molar-refractivity contribution is 8.14. The fourth-order valence-electron chi connectivity index (χ4n) is 1.82. The molecule has 22 heavy (non-hydrogen) atoms. The SMILES string of the molecule is CN(C)c1cc(C(=O)NCCN2C(=O)CSC2=O)cc(Cl)n1. The predicted octanol–water partition coefficient (Wildman–Crippen LogP) is 1.23. The Morgan fingerprint density at radius 3 is 2.77 bits per heavy atom. The number of carbonyl (C=O) groups excluding carboxylic acids is 3. The van der Waals surface area contributed by atoms with Crippen LogP contribution in [-0.2, 0) is 4.79 Å². The number of amides is 3. The number of thioether (sulfide) groups is 1. The van der Waals surface area contributed by atoms with Gasteiger partial charge in [0.05, 0.1) is 5.75 Å². The summed E-state index contributed by atoms with van der Waals surface area (Å²) in [5.74, 6) is 0.169. The Morgan fingerprint density at radius 2 is 2.18 bits per heavy atom. The molecule has 0 spiro atoms. The third-order valence-corrected chi connectivity index (χ3v) is 4.01. The summed E-state index contributed by atoms with van der Waals surface area (Å²) in [4.78, 5) is 41.9. The molecular weight excluding hydrogens is 328 g/mol. The molecule has 0 bridgehead atoms. The minimum Gasteiger partial charge on any atom is -0.363 e. The van der Waals surface area contributed by atoms with Crippen LogP contribution in [0.4, 0.5) is 10.6 Å². The van der Waals surface area contributed by atoms with Crippen LogP contribution in [0.2, 0.25) is 5.15 Å². The number of nitrogens with one attached hydrogen (secondary N) is 1. The van der Waals surface area contributed by atoms with Crippen molar-refractivity contribution in [2.24, 2.45) is 0 Å². The lowest BCUT2D eigenvalue weighted by Gasteiger charge is -2.15. The molecular formula is C13H15ClN4O3S. The lowest BCUT2D eigenvalue weighted by Crippen LogP contribution is -2.37. The molecule has 9 heteroatoms. The van der Waals surface area contributed by atoms with Crippen LogP contribution in [0.15, 0.2) is 12.1 Å². The number of nitrogens with zero attached hydrogens (tertiary/aromatic N) is 3. The van der Waals surface area contributed by atoms with Crippen LogP contribution in [0.3, 0.4) is 0 Å². The molecule has 0 aliphatic carbocycles. The van der Waals surface area contributed by atoms with Gasteiger partial charge in [0.15, 0.2) is 0 Å². The topological polar surface area (TPSA) is 82.6 Å². The molecule has 7 nitrogen and oxygen atoms in total. The number of anilines is 1. The van der Waals surface area contributed by atoms with E-state index in [1.807, 2.05) is 0 Å². The van der Waals surface area contributed by atoms with Crippen LogP contribution >= 0.6 is 23.4 Å². The fraction of sp³-hybridized carbons (Fsp3) is 0.385. The Bertz CT molecular complexity index is 607. The minimum absolute atomic E-state index is 0.162. The first kappa shape index (κ1) is 16.6. The molecule has 1 aromatic rings. The van der Waals surface area contributed by atoms with Gasteiger partial charge in [0, 0.05) is 32.7 Å². The number of halogens is 1. The summed E-state index contributed by atoms with van der Waals surface area (Å²) in [6, 6.07) is 3.08. The normalized spacial score (nSPS) is 14.4. The van der Waals surface area contributed by atoms with Crippen LogP contribution in [0.25, 0.3) is 0 Å². The largest absolute Gasteiger partial charge is 0.363 e. The summed E-state index contributed by atoms with van der Waals surface area (Å²) >= 11 is 6.87. The maximum atomic E-state index is 12.1. The van der Waals surface area contributed by atoms with E-state index in [-0.39, 0.29) is 41.0 Å². The quantitative estimate of drug-likeness (QED) is 0.810. The number of hydrogen-bond donors (Lipinski definition) is 1. The van der Waals surface area contributed by atoms with Gasteiger partial charge < -0.3 is 10.2 Å². The number of carbonyl (C=O) groups is 3. The molecule has 1 saturated heterocycles. The standard InChI is InChI=1S/C13H15ClN4O3S/c1-17(2)10-6-8(5-9(14)16-10)12(20)15-3-4-18-11(19)7-22-13(18)21/h5-6H,3-4,7H2,1-2H3,(H,15,20). The molecule has 1 aromatic heterocycles. The maximum absolute atomic E-state index is 12.1. The second kappa shape index (κ2) is 6.97. The summed E-state index contributed by atoms with van der Waals surface area (Å²) in [7, 11) is 3.59. The van der Waals surface area contributed by atoms with Gasteiger partial charge in [-0.25, -0.2) is 4.98 Å². The summed E-state index contributed by atoms with van der Waals surface area (Å²) < 4.78 is 0. The van der Waals surface area contributed by atoms with Gasteiger partial charge in [-0.1, -0.05) is 23.4 Å². The summed E-state index contributed by atoms with van der Waals surface area (Å²) in [5, 5.41) is 2.60. The molecule has 118 valence electrons. The molecule has 1 N–H and O–H groups in total. The van der Waals surface area contributed by atoms with E-state index in [2.05, 4.69) is 10.3 Å². The second-order valence-electron chi connectivity index (χ2n) is 4.79. The Hall–Kier alpha value is -1.80. The van der Waals surface area contributed by atoms with Crippen LogP contribution in [0.1, 0.15) is 10.4 Å². The zero-order valence-corrected chi connectivity index (χ0v) is 13.7. The summed E-state index contributed by atoms with van der Waals surface area (Å²) in [6.45, 7) is 0.351. The highest BCUT2D eigenvalue weighted by atomic mass is 35.5. The van der Waals surface area contributed by atoms with Crippen molar-refractivity contribution >= 4 is 46.2 Å². The van der Waals surface area contributed by atoms with Crippen molar-refractivity contribution in [2.75, 3.05) is 37.8 Å². The zero-order chi connectivity index (χ0) is 16.3. The van der Waals surface area contributed by atoms with Crippen molar-refractivity contribution in [3.8, 4) is 0 Å². The van der Waals surface area contributed by atoms with E-state index in [0.29, 0.717) is 11.4 Å². The van der Waals surface area contributed by atoms with Gasteiger partial charge in [0.1, 0.15) is 11.0 Å². The van der Waals surface area contributed by atoms with Gasteiger partial charge in [-0.3, -0.25) is 19.3 Å². The molecule has 0 saturated carbocycles. The average Bonchev–Trinajstić information content (AvgIpc) is 2.78. The number of aromatic nitrogens is 1. The fourth-order valence-corrected chi connectivity index (χ4v) is 2.78. The third kappa shape index (κ3) is 3.89. The predicted molar refractivity (Wildman–Crippen MR) is 85.5 cm³/mol. The molecule has 1 aliphatic rings. The van der Waals surface area contributed by atoms with E-state index in [0.717, 1.165) is 16.7 Å².